The van der Waals surface area contributed by atoms with Gasteiger partial charge >= 0.3 is 5.97 Å². The fourth-order valence-corrected chi connectivity index (χ4v) is 2.79. The third-order valence-corrected chi connectivity index (χ3v) is 3.96. The summed E-state index contributed by atoms with van der Waals surface area (Å²) in [4.78, 5) is 14.0. The monoisotopic (exact) mass is 363 g/mol. The minimum Gasteiger partial charge on any atom is -0.504 e. The number of benzene rings is 1. The van der Waals surface area contributed by atoms with Gasteiger partial charge in [0.05, 0.1) is 30.7 Å². The SMILES string of the molecule is CCCC(C)C(Oc1ccccc1)c1cscn1.COC=CC(=O)O. The van der Waals surface area contributed by atoms with Gasteiger partial charge in [-0.3, -0.25) is 0 Å². The first kappa shape index (κ1) is 20.7. The highest BCUT2D eigenvalue weighted by atomic mass is 32.1. The van der Waals surface area contributed by atoms with Gasteiger partial charge in [0, 0.05) is 5.38 Å². The number of hydrogen-bond donors (Lipinski definition) is 1. The average molecular weight is 363 g/mol. The Hall–Kier alpha value is -2.34. The molecule has 0 bridgehead atoms. The lowest BCUT2D eigenvalue weighted by Crippen LogP contribution is -2.17. The number of carbonyl (C=O) groups is 1. The van der Waals surface area contributed by atoms with Crippen LogP contribution in [0.2, 0.25) is 0 Å². The number of rotatable bonds is 8. The zero-order chi connectivity index (χ0) is 18.5. The second kappa shape index (κ2) is 12.1. The number of aliphatic carboxylic acids is 1. The Kier molecular flexibility index (Phi) is 10.0. The molecule has 0 fully saturated rings. The summed E-state index contributed by atoms with van der Waals surface area (Å²) < 4.78 is 10.4. The molecule has 0 aliphatic carbocycles. The Morgan fingerprint density at radius 2 is 2.08 bits per heavy atom. The number of carboxylic acid groups (broad SMARTS) is 1. The number of aromatic nitrogens is 1. The summed E-state index contributed by atoms with van der Waals surface area (Å²) in [5, 5.41) is 9.96. The molecule has 2 rings (SSSR count). The predicted octanol–water partition coefficient (Wildman–Crippen LogP) is 4.93. The molecule has 1 aromatic carbocycles. The highest BCUT2D eigenvalue weighted by Gasteiger charge is 2.22. The van der Waals surface area contributed by atoms with Gasteiger partial charge in [-0.1, -0.05) is 38.5 Å². The summed E-state index contributed by atoms with van der Waals surface area (Å²) in [7, 11) is 1.39. The van der Waals surface area contributed by atoms with Gasteiger partial charge in [-0.2, -0.15) is 0 Å². The van der Waals surface area contributed by atoms with E-state index in [1.807, 2.05) is 35.8 Å². The second-order valence-corrected chi connectivity index (χ2v) is 6.13. The van der Waals surface area contributed by atoms with Crippen molar-refractivity contribution < 1.29 is 19.4 Å². The van der Waals surface area contributed by atoms with Crippen LogP contribution in [0.1, 0.15) is 38.5 Å². The summed E-state index contributed by atoms with van der Waals surface area (Å²) in [6.45, 7) is 4.44. The highest BCUT2D eigenvalue weighted by molar-refractivity contribution is 7.07. The second-order valence-electron chi connectivity index (χ2n) is 5.41. The fourth-order valence-electron chi connectivity index (χ4n) is 2.21. The topological polar surface area (TPSA) is 68.7 Å². The molecule has 0 saturated carbocycles. The minimum atomic E-state index is -0.998. The Morgan fingerprint density at radius 3 is 2.56 bits per heavy atom. The summed E-state index contributed by atoms with van der Waals surface area (Å²) in [6.07, 6.45) is 4.38. The van der Waals surface area contributed by atoms with Crippen molar-refractivity contribution in [3.63, 3.8) is 0 Å². The standard InChI is InChI=1S/C15H19NOS.C4H6O3/c1-3-7-12(2)15(14-10-18-11-16-14)17-13-8-5-4-6-9-13;1-7-3-2-4(5)6/h4-6,8-12,15H,3,7H2,1-2H3;2-3H,1H3,(H,5,6). The van der Waals surface area contributed by atoms with Gasteiger partial charge in [-0.05, 0) is 24.5 Å². The lowest BCUT2D eigenvalue weighted by atomic mass is 9.97. The molecule has 5 nitrogen and oxygen atoms in total. The maximum atomic E-state index is 9.59. The summed E-state index contributed by atoms with van der Waals surface area (Å²) in [6, 6.07) is 9.99. The molecule has 0 aliphatic rings. The molecule has 1 aromatic heterocycles. The van der Waals surface area contributed by atoms with E-state index in [0.717, 1.165) is 30.2 Å². The molecule has 0 amide bonds. The molecule has 2 aromatic rings. The smallest absolute Gasteiger partial charge is 0.331 e. The zero-order valence-corrected chi connectivity index (χ0v) is 15.6. The third kappa shape index (κ3) is 8.35. The average Bonchev–Trinajstić information content (AvgIpc) is 3.13. The molecule has 25 heavy (non-hydrogen) atoms. The van der Waals surface area contributed by atoms with Crippen molar-refractivity contribution in [3.05, 3.63) is 59.3 Å². The van der Waals surface area contributed by atoms with Crippen molar-refractivity contribution in [1.82, 2.24) is 4.98 Å². The Balaban J connectivity index is 0.000000381. The van der Waals surface area contributed by atoms with Crippen molar-refractivity contribution in [1.29, 1.82) is 0 Å². The number of hydrogen-bond acceptors (Lipinski definition) is 5. The van der Waals surface area contributed by atoms with Gasteiger partial charge in [0.2, 0.25) is 0 Å². The number of methoxy groups -OCH3 is 1. The van der Waals surface area contributed by atoms with Crippen LogP contribution < -0.4 is 4.74 Å². The molecule has 0 spiro atoms. The van der Waals surface area contributed by atoms with Gasteiger partial charge < -0.3 is 14.6 Å². The first-order chi connectivity index (χ1) is 12.1. The minimum absolute atomic E-state index is 0.0543. The molecule has 2 unspecified atom stereocenters. The zero-order valence-electron chi connectivity index (χ0n) is 14.8. The number of nitrogens with zero attached hydrogens (tertiary/aromatic N) is 1. The van der Waals surface area contributed by atoms with Crippen LogP contribution in [-0.4, -0.2) is 23.2 Å². The molecular weight excluding hydrogens is 338 g/mol. The van der Waals surface area contributed by atoms with Crippen molar-refractivity contribution in [3.8, 4) is 5.75 Å². The van der Waals surface area contributed by atoms with E-state index in [9.17, 15) is 4.79 Å². The van der Waals surface area contributed by atoms with E-state index < -0.39 is 5.97 Å². The first-order valence-electron chi connectivity index (χ1n) is 8.10. The van der Waals surface area contributed by atoms with Crippen LogP contribution in [0.5, 0.6) is 5.75 Å². The van der Waals surface area contributed by atoms with Crippen LogP contribution in [0.4, 0.5) is 0 Å². The van der Waals surface area contributed by atoms with Crippen LogP contribution in [-0.2, 0) is 9.53 Å². The van der Waals surface area contributed by atoms with Crippen molar-refractivity contribution in [2.24, 2.45) is 5.92 Å². The van der Waals surface area contributed by atoms with E-state index in [1.54, 1.807) is 11.3 Å². The largest absolute Gasteiger partial charge is 0.504 e. The van der Waals surface area contributed by atoms with Gasteiger partial charge in [-0.25, -0.2) is 9.78 Å². The molecule has 0 radical (unpaired) electrons. The Labute approximate surface area is 152 Å². The highest BCUT2D eigenvalue weighted by Crippen LogP contribution is 2.30. The molecule has 6 heteroatoms. The Morgan fingerprint density at radius 1 is 1.36 bits per heavy atom. The summed E-state index contributed by atoms with van der Waals surface area (Å²) in [5.74, 6) is 0.387. The summed E-state index contributed by atoms with van der Waals surface area (Å²) in [5.41, 5.74) is 2.92. The van der Waals surface area contributed by atoms with E-state index in [2.05, 4.69) is 28.9 Å². The van der Waals surface area contributed by atoms with Crippen LogP contribution in [0.15, 0.2) is 53.6 Å². The molecule has 2 atom stereocenters. The third-order valence-electron chi connectivity index (χ3n) is 3.36. The number of ether oxygens (including phenoxy) is 2. The lowest BCUT2D eigenvalue weighted by Gasteiger charge is -2.23. The van der Waals surface area contributed by atoms with Crippen LogP contribution in [0.3, 0.4) is 0 Å². The molecule has 0 aliphatic heterocycles. The first-order valence-corrected chi connectivity index (χ1v) is 9.04. The molecule has 1 N–H and O–H groups in total. The van der Waals surface area contributed by atoms with E-state index in [0.29, 0.717) is 5.92 Å². The lowest BCUT2D eigenvalue weighted by molar-refractivity contribution is -0.131. The number of thiazole rings is 1. The quantitative estimate of drug-likeness (QED) is 0.532. The molecule has 1 heterocycles. The summed E-state index contributed by atoms with van der Waals surface area (Å²) >= 11 is 1.62. The van der Waals surface area contributed by atoms with Crippen molar-refractivity contribution in [2.45, 2.75) is 32.8 Å². The maximum Gasteiger partial charge on any atom is 0.331 e. The van der Waals surface area contributed by atoms with E-state index in [4.69, 9.17) is 9.84 Å². The van der Waals surface area contributed by atoms with Crippen molar-refractivity contribution in [2.75, 3.05) is 7.11 Å². The number of para-hydroxylation sites is 1. The van der Waals surface area contributed by atoms with Gasteiger partial charge in [0.25, 0.3) is 0 Å². The molecule has 0 saturated heterocycles. The van der Waals surface area contributed by atoms with E-state index >= 15 is 0 Å². The van der Waals surface area contributed by atoms with Gasteiger partial charge in [0.15, 0.2) is 0 Å². The normalized spacial score (nSPS) is 12.8. The number of carboxylic acids is 1. The molecule has 136 valence electrons. The van der Waals surface area contributed by atoms with Crippen LogP contribution in [0, 0.1) is 5.92 Å². The van der Waals surface area contributed by atoms with E-state index in [-0.39, 0.29) is 6.10 Å². The maximum absolute atomic E-state index is 9.59. The van der Waals surface area contributed by atoms with Crippen LogP contribution >= 0.6 is 11.3 Å². The van der Waals surface area contributed by atoms with Gasteiger partial charge in [-0.15, -0.1) is 11.3 Å². The van der Waals surface area contributed by atoms with Crippen molar-refractivity contribution >= 4 is 17.3 Å². The van der Waals surface area contributed by atoms with Crippen LogP contribution in [0.25, 0.3) is 0 Å². The van der Waals surface area contributed by atoms with E-state index in [1.165, 1.54) is 13.5 Å². The fraction of sp³-hybridized carbons (Fsp3) is 0.368. The molecular formula is C19H25NO4S. The predicted molar refractivity (Wildman–Crippen MR) is 99.8 cm³/mol. The Bertz CT molecular complexity index is 614. The van der Waals surface area contributed by atoms with Gasteiger partial charge in [0.1, 0.15) is 11.9 Å².